The van der Waals surface area contributed by atoms with E-state index in [0.717, 1.165) is 24.8 Å². The maximum Gasteiger partial charge on any atom is 0.249 e. The SMILES string of the molecule is N#Cc1c(NC(=O)/C=C\c2ccco2)sc2c1CCC2. The molecule has 0 saturated carbocycles. The fraction of sp³-hybridized carbons (Fsp3) is 0.200. The number of nitrogens with one attached hydrogen (secondary N) is 1. The number of rotatable bonds is 3. The first-order valence-electron chi connectivity index (χ1n) is 6.35. The van der Waals surface area contributed by atoms with Gasteiger partial charge in [-0.1, -0.05) is 0 Å². The number of nitriles is 1. The average Bonchev–Trinajstić information content (AvgIpc) is 3.12. The third-order valence-electron chi connectivity index (χ3n) is 3.21. The van der Waals surface area contributed by atoms with Crippen LogP contribution in [0, 0.1) is 11.3 Å². The summed E-state index contributed by atoms with van der Waals surface area (Å²) < 4.78 is 5.11. The summed E-state index contributed by atoms with van der Waals surface area (Å²) in [5.41, 5.74) is 1.74. The molecule has 5 heteroatoms. The molecule has 100 valence electrons. The van der Waals surface area contributed by atoms with E-state index in [1.165, 1.54) is 22.3 Å². The van der Waals surface area contributed by atoms with Gasteiger partial charge in [-0.15, -0.1) is 11.3 Å². The Labute approximate surface area is 120 Å². The van der Waals surface area contributed by atoms with E-state index in [4.69, 9.17) is 4.42 Å². The lowest BCUT2D eigenvalue weighted by Crippen LogP contribution is -2.07. The first-order chi connectivity index (χ1) is 9.78. The summed E-state index contributed by atoms with van der Waals surface area (Å²) >= 11 is 1.51. The molecule has 4 nitrogen and oxygen atoms in total. The minimum atomic E-state index is -0.252. The third-order valence-corrected chi connectivity index (χ3v) is 4.42. The Hall–Kier alpha value is -2.32. The zero-order valence-electron chi connectivity index (χ0n) is 10.7. The van der Waals surface area contributed by atoms with Crippen molar-refractivity contribution in [2.45, 2.75) is 19.3 Å². The normalized spacial score (nSPS) is 13.3. The van der Waals surface area contributed by atoms with Crippen molar-refractivity contribution < 1.29 is 9.21 Å². The lowest BCUT2D eigenvalue weighted by Gasteiger charge is -1.99. The van der Waals surface area contributed by atoms with Crippen LogP contribution < -0.4 is 5.32 Å². The largest absolute Gasteiger partial charge is 0.465 e. The zero-order chi connectivity index (χ0) is 13.9. The highest BCUT2D eigenvalue weighted by Gasteiger charge is 2.22. The lowest BCUT2D eigenvalue weighted by molar-refractivity contribution is -0.111. The standard InChI is InChI=1S/C15H12N2O2S/c16-9-12-11-4-1-5-13(11)20-15(12)17-14(18)7-6-10-3-2-8-19-10/h2-3,6-8H,1,4-5H2,(H,17,18)/b7-6-. The number of carbonyl (C=O) groups excluding carboxylic acids is 1. The van der Waals surface area contributed by atoms with E-state index < -0.39 is 0 Å². The summed E-state index contributed by atoms with van der Waals surface area (Å²) in [7, 11) is 0. The van der Waals surface area contributed by atoms with Crippen LogP contribution in [0.25, 0.3) is 6.08 Å². The minimum absolute atomic E-state index is 0.252. The molecule has 0 bridgehead atoms. The Bertz CT molecular complexity index is 705. The van der Waals surface area contributed by atoms with Gasteiger partial charge in [0.25, 0.3) is 0 Å². The van der Waals surface area contributed by atoms with Crippen LogP contribution in [-0.2, 0) is 17.6 Å². The number of furan rings is 1. The van der Waals surface area contributed by atoms with Crippen molar-refractivity contribution in [1.29, 1.82) is 5.26 Å². The number of nitrogens with zero attached hydrogens (tertiary/aromatic N) is 1. The first-order valence-corrected chi connectivity index (χ1v) is 7.17. The summed E-state index contributed by atoms with van der Waals surface area (Å²) in [5, 5.41) is 12.7. The van der Waals surface area contributed by atoms with Crippen LogP contribution in [-0.4, -0.2) is 5.91 Å². The fourth-order valence-electron chi connectivity index (χ4n) is 2.31. The van der Waals surface area contributed by atoms with Crippen molar-refractivity contribution in [3.63, 3.8) is 0 Å². The Kier molecular flexibility index (Phi) is 3.40. The van der Waals surface area contributed by atoms with E-state index in [0.29, 0.717) is 16.3 Å². The molecule has 1 amide bonds. The molecule has 2 heterocycles. The predicted molar refractivity (Wildman–Crippen MR) is 77.4 cm³/mol. The van der Waals surface area contributed by atoms with Gasteiger partial charge in [0, 0.05) is 11.0 Å². The molecule has 0 fully saturated rings. The van der Waals surface area contributed by atoms with Crippen LogP contribution in [0.15, 0.2) is 28.9 Å². The molecular formula is C15H12N2O2S. The molecule has 3 rings (SSSR count). The van der Waals surface area contributed by atoms with E-state index in [1.807, 2.05) is 0 Å². The molecule has 1 aliphatic carbocycles. The van der Waals surface area contributed by atoms with E-state index in [-0.39, 0.29) is 5.91 Å². The third kappa shape index (κ3) is 2.38. The summed E-state index contributed by atoms with van der Waals surface area (Å²) in [5.74, 6) is 0.368. The van der Waals surface area contributed by atoms with E-state index in [9.17, 15) is 10.1 Å². The molecule has 1 N–H and O–H groups in total. The number of carbonyl (C=O) groups is 1. The quantitative estimate of drug-likeness (QED) is 0.879. The molecule has 2 aromatic rings. The van der Waals surface area contributed by atoms with Crippen molar-refractivity contribution in [2.75, 3.05) is 5.32 Å². The van der Waals surface area contributed by atoms with E-state index in [1.54, 1.807) is 24.5 Å². The molecule has 0 saturated heterocycles. The summed E-state index contributed by atoms with van der Waals surface area (Å²) in [6.45, 7) is 0. The molecule has 0 aromatic carbocycles. The predicted octanol–water partition coefficient (Wildman–Crippen LogP) is 3.35. The van der Waals surface area contributed by atoms with Gasteiger partial charge in [-0.05, 0) is 43.0 Å². The number of hydrogen-bond donors (Lipinski definition) is 1. The molecule has 0 unspecified atom stereocenters. The highest BCUT2D eigenvalue weighted by atomic mass is 32.1. The number of fused-ring (bicyclic) bond motifs is 1. The van der Waals surface area contributed by atoms with Gasteiger partial charge in [-0.3, -0.25) is 4.79 Å². The second-order valence-corrected chi connectivity index (χ2v) is 5.62. The van der Waals surface area contributed by atoms with Crippen LogP contribution in [0.2, 0.25) is 0 Å². The van der Waals surface area contributed by atoms with Gasteiger partial charge in [0.2, 0.25) is 5.91 Å². The summed E-state index contributed by atoms with van der Waals surface area (Å²) in [4.78, 5) is 13.1. The smallest absolute Gasteiger partial charge is 0.249 e. The molecule has 0 atom stereocenters. The molecule has 20 heavy (non-hydrogen) atoms. The minimum Gasteiger partial charge on any atom is -0.465 e. The van der Waals surface area contributed by atoms with Crippen LogP contribution in [0.1, 0.15) is 28.2 Å². The van der Waals surface area contributed by atoms with Crippen LogP contribution >= 0.6 is 11.3 Å². The monoisotopic (exact) mass is 284 g/mol. The van der Waals surface area contributed by atoms with Gasteiger partial charge in [-0.25, -0.2) is 0 Å². The summed E-state index contributed by atoms with van der Waals surface area (Å²) in [6.07, 6.45) is 7.60. The Morgan fingerprint density at radius 3 is 3.15 bits per heavy atom. The molecule has 0 radical (unpaired) electrons. The number of amides is 1. The molecule has 0 aliphatic heterocycles. The second kappa shape index (κ2) is 5.35. The van der Waals surface area contributed by atoms with Crippen LogP contribution in [0.3, 0.4) is 0 Å². The first kappa shape index (κ1) is 12.7. The van der Waals surface area contributed by atoms with Gasteiger partial charge in [-0.2, -0.15) is 5.26 Å². The highest BCUT2D eigenvalue weighted by Crippen LogP contribution is 2.38. The number of hydrogen-bond acceptors (Lipinski definition) is 4. The van der Waals surface area contributed by atoms with Gasteiger partial charge in [0.1, 0.15) is 16.8 Å². The van der Waals surface area contributed by atoms with E-state index in [2.05, 4.69) is 11.4 Å². The molecular weight excluding hydrogens is 272 g/mol. The number of anilines is 1. The fourth-order valence-corrected chi connectivity index (χ4v) is 3.55. The van der Waals surface area contributed by atoms with Crippen molar-refractivity contribution in [1.82, 2.24) is 0 Å². The van der Waals surface area contributed by atoms with Crippen molar-refractivity contribution in [3.8, 4) is 6.07 Å². The zero-order valence-corrected chi connectivity index (χ0v) is 11.5. The van der Waals surface area contributed by atoms with E-state index >= 15 is 0 Å². The average molecular weight is 284 g/mol. The van der Waals surface area contributed by atoms with Gasteiger partial charge < -0.3 is 9.73 Å². The molecule has 0 spiro atoms. The van der Waals surface area contributed by atoms with Crippen molar-refractivity contribution in [2.24, 2.45) is 0 Å². The Balaban J connectivity index is 1.75. The maximum atomic E-state index is 11.9. The maximum absolute atomic E-state index is 11.9. The Morgan fingerprint density at radius 2 is 2.40 bits per heavy atom. The van der Waals surface area contributed by atoms with Crippen molar-refractivity contribution in [3.05, 3.63) is 46.2 Å². The van der Waals surface area contributed by atoms with Gasteiger partial charge in [0.15, 0.2) is 0 Å². The lowest BCUT2D eigenvalue weighted by atomic mass is 10.1. The second-order valence-electron chi connectivity index (χ2n) is 4.51. The molecule has 1 aliphatic rings. The number of thiophene rings is 1. The van der Waals surface area contributed by atoms with Crippen LogP contribution in [0.5, 0.6) is 0 Å². The topological polar surface area (TPSA) is 66.0 Å². The van der Waals surface area contributed by atoms with Crippen LogP contribution in [0.4, 0.5) is 5.00 Å². The highest BCUT2D eigenvalue weighted by molar-refractivity contribution is 7.16. The number of aryl methyl sites for hydroxylation is 1. The van der Waals surface area contributed by atoms with Gasteiger partial charge in [0.05, 0.1) is 11.8 Å². The van der Waals surface area contributed by atoms with Crippen molar-refractivity contribution >= 4 is 28.3 Å². The summed E-state index contributed by atoms with van der Waals surface area (Å²) in [6, 6.07) is 5.73. The molecule has 2 aromatic heterocycles. The van der Waals surface area contributed by atoms with Gasteiger partial charge >= 0.3 is 0 Å². The Morgan fingerprint density at radius 1 is 1.50 bits per heavy atom.